The van der Waals surface area contributed by atoms with Gasteiger partial charge in [-0.2, -0.15) is 0 Å². The average Bonchev–Trinajstić information content (AvgIpc) is 3.30. The van der Waals surface area contributed by atoms with E-state index in [1.54, 1.807) is 24.3 Å². The van der Waals surface area contributed by atoms with Crippen molar-refractivity contribution in [2.45, 2.75) is 31.8 Å². The van der Waals surface area contributed by atoms with Crippen LogP contribution >= 0.6 is 0 Å². The summed E-state index contributed by atoms with van der Waals surface area (Å²) < 4.78 is 7.60. The molecule has 0 unspecified atom stereocenters. The molecule has 0 aliphatic carbocycles. The van der Waals surface area contributed by atoms with Gasteiger partial charge in [-0.05, 0) is 19.1 Å². The molecule has 1 fully saturated rings. The first-order valence-corrected chi connectivity index (χ1v) is 9.41. The maximum Gasteiger partial charge on any atom is 0.256 e. The number of carbonyl (C=O) groups is 1. The van der Waals surface area contributed by atoms with Crippen molar-refractivity contribution < 1.29 is 19.7 Å². The van der Waals surface area contributed by atoms with Crippen molar-refractivity contribution in [3.63, 3.8) is 0 Å². The van der Waals surface area contributed by atoms with Crippen LogP contribution in [0.15, 0.2) is 48.9 Å². The number of anilines is 1. The van der Waals surface area contributed by atoms with Crippen LogP contribution in [0.5, 0.6) is 0 Å². The third-order valence-electron chi connectivity index (χ3n) is 4.95. The number of aromatic nitrogens is 3. The lowest BCUT2D eigenvalue weighted by molar-refractivity contribution is -0.0430. The molecule has 8 nitrogen and oxygen atoms in total. The summed E-state index contributed by atoms with van der Waals surface area (Å²) >= 11 is 0. The van der Waals surface area contributed by atoms with Gasteiger partial charge in [0.15, 0.2) is 0 Å². The number of hydrogen-bond acceptors (Lipinski definition) is 6. The summed E-state index contributed by atoms with van der Waals surface area (Å²) in [4.78, 5) is 21.3. The van der Waals surface area contributed by atoms with E-state index in [9.17, 15) is 15.0 Å². The third-order valence-corrected chi connectivity index (χ3v) is 4.95. The fourth-order valence-electron chi connectivity index (χ4n) is 3.55. The molecular formula is C21H22N4O4. The van der Waals surface area contributed by atoms with Crippen LogP contribution < -0.4 is 5.32 Å². The fourth-order valence-corrected chi connectivity index (χ4v) is 3.55. The van der Waals surface area contributed by atoms with Crippen LogP contribution in [0.4, 0.5) is 5.82 Å². The second kappa shape index (κ2) is 8.12. The lowest BCUT2D eigenvalue weighted by Crippen LogP contribution is -2.24. The first-order chi connectivity index (χ1) is 14.1. The highest BCUT2D eigenvalue weighted by Crippen LogP contribution is 2.35. The molecule has 3 N–H and O–H groups in total. The summed E-state index contributed by atoms with van der Waals surface area (Å²) in [6, 6.07) is 8.90. The molecule has 2 aromatic heterocycles. The molecule has 29 heavy (non-hydrogen) atoms. The van der Waals surface area contributed by atoms with E-state index in [1.807, 2.05) is 35.9 Å². The number of fused-ring (bicyclic) bond motifs is 1. The zero-order chi connectivity index (χ0) is 20.4. The van der Waals surface area contributed by atoms with Gasteiger partial charge in [0.2, 0.25) is 0 Å². The maximum atomic E-state index is 12.6. The fraction of sp³-hybridized carbons (Fsp3) is 0.286. The van der Waals surface area contributed by atoms with Crippen molar-refractivity contribution in [2.24, 2.45) is 0 Å². The number of rotatable bonds is 5. The van der Waals surface area contributed by atoms with Crippen LogP contribution in [-0.2, 0) is 4.74 Å². The third kappa shape index (κ3) is 3.65. The molecule has 0 saturated carbocycles. The van der Waals surface area contributed by atoms with E-state index >= 15 is 0 Å². The molecule has 0 bridgehead atoms. The smallest absolute Gasteiger partial charge is 0.256 e. The molecule has 1 aliphatic rings. The molecule has 1 saturated heterocycles. The van der Waals surface area contributed by atoms with Crippen LogP contribution in [0.2, 0.25) is 0 Å². The quantitative estimate of drug-likeness (QED) is 0.613. The summed E-state index contributed by atoms with van der Waals surface area (Å²) in [7, 11) is 0. The Bertz CT molecular complexity index is 1050. The first kappa shape index (κ1) is 19.3. The normalized spacial score (nSPS) is 21.8. The van der Waals surface area contributed by atoms with Crippen LogP contribution in [0.1, 0.15) is 35.5 Å². The lowest BCUT2D eigenvalue weighted by atomic mass is 10.2. The minimum atomic E-state index is -0.758. The second-order valence-electron chi connectivity index (χ2n) is 6.85. The van der Waals surface area contributed by atoms with Crippen molar-refractivity contribution in [1.82, 2.24) is 14.5 Å². The number of aliphatic hydroxyl groups excluding tert-OH is 2. The SMILES string of the molecule is C/C=C/c1cn([C@H]2C[C@H](O)[C@@H](CO)O2)c2ncnc(NC(=O)c3ccccc3)c12. The van der Waals surface area contributed by atoms with Crippen LogP contribution in [0.25, 0.3) is 17.1 Å². The minimum absolute atomic E-state index is 0.258. The summed E-state index contributed by atoms with van der Waals surface area (Å²) in [6.07, 6.45) is 5.48. The van der Waals surface area contributed by atoms with Crippen molar-refractivity contribution in [3.8, 4) is 0 Å². The molecule has 1 aromatic carbocycles. The Morgan fingerprint density at radius 2 is 2.14 bits per heavy atom. The molecule has 3 atom stereocenters. The lowest BCUT2D eigenvalue weighted by Gasteiger charge is -2.14. The van der Waals surface area contributed by atoms with Gasteiger partial charge in [-0.3, -0.25) is 4.79 Å². The van der Waals surface area contributed by atoms with Crippen molar-refractivity contribution in [1.29, 1.82) is 0 Å². The molecule has 8 heteroatoms. The second-order valence-corrected chi connectivity index (χ2v) is 6.85. The van der Waals surface area contributed by atoms with Gasteiger partial charge in [0, 0.05) is 23.7 Å². The summed E-state index contributed by atoms with van der Waals surface area (Å²) in [6.45, 7) is 1.64. The Morgan fingerprint density at radius 3 is 2.83 bits per heavy atom. The number of amides is 1. The Hall–Kier alpha value is -3.07. The summed E-state index contributed by atoms with van der Waals surface area (Å²) in [5.41, 5.74) is 1.92. The number of carbonyl (C=O) groups excluding carboxylic acids is 1. The van der Waals surface area contributed by atoms with E-state index in [0.717, 1.165) is 5.56 Å². The van der Waals surface area contributed by atoms with E-state index in [1.165, 1.54) is 6.33 Å². The van der Waals surface area contributed by atoms with Gasteiger partial charge in [0.05, 0.1) is 18.1 Å². The molecule has 1 amide bonds. The molecule has 4 rings (SSSR count). The van der Waals surface area contributed by atoms with Gasteiger partial charge in [0.1, 0.15) is 30.1 Å². The average molecular weight is 394 g/mol. The summed E-state index contributed by atoms with van der Waals surface area (Å²) in [5, 5.41) is 23.0. The number of ether oxygens (including phenoxy) is 1. The van der Waals surface area contributed by atoms with Crippen molar-refractivity contribution in [3.05, 3.63) is 60.1 Å². The summed E-state index contributed by atoms with van der Waals surface area (Å²) in [5.74, 6) is 0.130. The molecular weight excluding hydrogens is 372 g/mol. The molecule has 150 valence electrons. The number of allylic oxidation sites excluding steroid dienone is 1. The predicted molar refractivity (Wildman–Crippen MR) is 108 cm³/mol. The van der Waals surface area contributed by atoms with Gasteiger partial charge in [-0.15, -0.1) is 0 Å². The van der Waals surface area contributed by atoms with Gasteiger partial charge in [-0.1, -0.05) is 30.4 Å². The highest BCUT2D eigenvalue weighted by Gasteiger charge is 2.35. The van der Waals surface area contributed by atoms with Gasteiger partial charge >= 0.3 is 0 Å². The topological polar surface area (TPSA) is 110 Å². The van der Waals surface area contributed by atoms with Crippen LogP contribution in [0.3, 0.4) is 0 Å². The highest BCUT2D eigenvalue weighted by molar-refractivity contribution is 6.08. The molecule has 0 spiro atoms. The minimum Gasteiger partial charge on any atom is -0.394 e. The first-order valence-electron chi connectivity index (χ1n) is 9.41. The van der Waals surface area contributed by atoms with Crippen LogP contribution in [-0.4, -0.2) is 49.5 Å². The van der Waals surface area contributed by atoms with E-state index < -0.39 is 18.4 Å². The Labute approximate surface area is 167 Å². The van der Waals surface area contributed by atoms with Gasteiger partial charge < -0.3 is 24.8 Å². The predicted octanol–water partition coefficient (Wildman–Crippen LogP) is 2.36. The number of nitrogens with one attached hydrogen (secondary N) is 1. The number of nitrogens with zero attached hydrogens (tertiary/aromatic N) is 3. The van der Waals surface area contributed by atoms with Crippen molar-refractivity contribution >= 4 is 28.8 Å². The van der Waals surface area contributed by atoms with E-state index in [4.69, 9.17) is 4.74 Å². The number of hydrogen-bond donors (Lipinski definition) is 3. The van der Waals surface area contributed by atoms with Gasteiger partial charge in [0.25, 0.3) is 5.91 Å². The molecule has 0 radical (unpaired) electrons. The van der Waals surface area contributed by atoms with E-state index in [2.05, 4.69) is 15.3 Å². The Morgan fingerprint density at radius 1 is 1.34 bits per heavy atom. The Balaban J connectivity index is 1.75. The largest absolute Gasteiger partial charge is 0.394 e. The Kier molecular flexibility index (Phi) is 5.39. The van der Waals surface area contributed by atoms with Crippen molar-refractivity contribution in [2.75, 3.05) is 11.9 Å². The number of aliphatic hydroxyl groups is 2. The zero-order valence-electron chi connectivity index (χ0n) is 15.9. The van der Waals surface area contributed by atoms with Gasteiger partial charge in [-0.25, -0.2) is 9.97 Å². The zero-order valence-corrected chi connectivity index (χ0v) is 15.9. The molecule has 3 aromatic rings. The van der Waals surface area contributed by atoms with Crippen LogP contribution in [0, 0.1) is 0 Å². The molecule has 3 heterocycles. The van der Waals surface area contributed by atoms with E-state index in [-0.39, 0.29) is 12.5 Å². The standard InChI is InChI=1S/C21H22N4O4/c1-2-6-14-10-25(17-9-15(27)16(11-26)29-17)20-18(14)19(22-12-23-20)24-21(28)13-7-4-3-5-8-13/h2-8,10,12,15-17,26-27H,9,11H2,1H3,(H,22,23,24,28)/b6-2+/t15-,16+,17+/m0/s1. The highest BCUT2D eigenvalue weighted by atomic mass is 16.5. The molecule has 1 aliphatic heterocycles. The monoisotopic (exact) mass is 394 g/mol. The number of benzene rings is 1. The van der Waals surface area contributed by atoms with E-state index in [0.29, 0.717) is 28.8 Å². The maximum absolute atomic E-state index is 12.6.